The maximum Gasteiger partial charge on any atom is 0.305 e. The molecule has 0 amide bonds. The Balaban J connectivity index is 3.33. The molecule has 130 valence electrons. The Hall–Kier alpha value is -0.790. The fourth-order valence-corrected chi connectivity index (χ4v) is 2.34. The fourth-order valence-electron chi connectivity index (χ4n) is 2.34. The number of ether oxygens (including phenoxy) is 1. The summed E-state index contributed by atoms with van der Waals surface area (Å²) >= 11 is 0. The number of carbonyl (C=O) groups excluding carboxylic acids is 1. The summed E-state index contributed by atoms with van der Waals surface area (Å²) in [5, 5.41) is 0. The van der Waals surface area contributed by atoms with E-state index < -0.39 is 0 Å². The number of hydrogen-bond donors (Lipinski definition) is 0. The third-order valence-electron chi connectivity index (χ3n) is 3.81. The monoisotopic (exact) mass is 310 g/mol. The van der Waals surface area contributed by atoms with Gasteiger partial charge in [0.05, 0.1) is 6.61 Å². The number of rotatable bonds is 14. The molecule has 0 rings (SSSR count). The molecule has 0 fully saturated rings. The lowest BCUT2D eigenvalue weighted by molar-refractivity contribution is -0.144. The fraction of sp³-hybridized carbons (Fsp3) is 0.850. The van der Waals surface area contributed by atoms with Gasteiger partial charge in [-0.2, -0.15) is 0 Å². The van der Waals surface area contributed by atoms with Crippen LogP contribution in [0, 0.1) is 11.8 Å². The largest absolute Gasteiger partial charge is 0.465 e. The Kier molecular flexibility index (Phi) is 14.6. The van der Waals surface area contributed by atoms with Crippen molar-refractivity contribution in [2.45, 2.75) is 91.9 Å². The standard InChI is InChI=1S/C20H38O2/c1-5-6-14-19(4)15-12-10-8-7-9-11-13-16-20(21)22-17-18(2)3/h12,15,18-19H,5-11,13-14,16-17H2,1-4H3/b15-12+. The van der Waals surface area contributed by atoms with Crippen LogP contribution in [0.15, 0.2) is 12.2 Å². The minimum Gasteiger partial charge on any atom is -0.465 e. The van der Waals surface area contributed by atoms with E-state index >= 15 is 0 Å². The zero-order chi connectivity index (χ0) is 16.6. The second-order valence-electron chi connectivity index (χ2n) is 6.93. The molecule has 0 aromatic carbocycles. The van der Waals surface area contributed by atoms with Gasteiger partial charge in [-0.05, 0) is 37.5 Å². The minimum absolute atomic E-state index is 0.0299. The van der Waals surface area contributed by atoms with Gasteiger partial charge in [-0.1, -0.05) is 72.0 Å². The highest BCUT2D eigenvalue weighted by Gasteiger charge is 2.03. The highest BCUT2D eigenvalue weighted by molar-refractivity contribution is 5.69. The summed E-state index contributed by atoms with van der Waals surface area (Å²) in [7, 11) is 0. The maximum atomic E-state index is 11.4. The molecule has 0 spiro atoms. The number of allylic oxidation sites excluding steroid dienone is 2. The first-order valence-electron chi connectivity index (χ1n) is 9.38. The van der Waals surface area contributed by atoms with E-state index in [9.17, 15) is 4.79 Å². The predicted molar refractivity (Wildman–Crippen MR) is 95.9 cm³/mol. The molecule has 1 unspecified atom stereocenters. The van der Waals surface area contributed by atoms with Crippen molar-refractivity contribution in [2.75, 3.05) is 6.61 Å². The molecule has 2 nitrogen and oxygen atoms in total. The molecule has 0 N–H and O–H groups in total. The molecule has 0 aliphatic rings. The maximum absolute atomic E-state index is 11.4. The van der Waals surface area contributed by atoms with Crippen LogP contribution in [0.3, 0.4) is 0 Å². The third-order valence-corrected chi connectivity index (χ3v) is 3.81. The summed E-state index contributed by atoms with van der Waals surface area (Å²) in [6.07, 6.45) is 16.4. The first-order valence-corrected chi connectivity index (χ1v) is 9.38. The quantitative estimate of drug-likeness (QED) is 0.214. The van der Waals surface area contributed by atoms with Gasteiger partial charge in [0.25, 0.3) is 0 Å². The summed E-state index contributed by atoms with van der Waals surface area (Å²) in [5.74, 6) is 1.14. The van der Waals surface area contributed by atoms with Gasteiger partial charge in [-0.15, -0.1) is 0 Å². The number of unbranched alkanes of at least 4 members (excludes halogenated alkanes) is 6. The highest BCUT2D eigenvalue weighted by Crippen LogP contribution is 2.12. The van der Waals surface area contributed by atoms with Crippen LogP contribution >= 0.6 is 0 Å². The van der Waals surface area contributed by atoms with E-state index in [0.29, 0.717) is 18.9 Å². The van der Waals surface area contributed by atoms with Gasteiger partial charge in [0, 0.05) is 6.42 Å². The van der Waals surface area contributed by atoms with E-state index in [1.165, 1.54) is 44.9 Å². The zero-order valence-corrected chi connectivity index (χ0v) is 15.4. The average molecular weight is 311 g/mol. The molecule has 0 aliphatic carbocycles. The second kappa shape index (κ2) is 15.1. The third kappa shape index (κ3) is 15.6. The van der Waals surface area contributed by atoms with Gasteiger partial charge in [-0.25, -0.2) is 0 Å². The van der Waals surface area contributed by atoms with Gasteiger partial charge < -0.3 is 4.74 Å². The van der Waals surface area contributed by atoms with E-state index in [4.69, 9.17) is 4.74 Å². The van der Waals surface area contributed by atoms with Crippen LogP contribution in [0.2, 0.25) is 0 Å². The molecule has 0 aromatic rings. The topological polar surface area (TPSA) is 26.3 Å². The number of carbonyl (C=O) groups is 1. The van der Waals surface area contributed by atoms with Gasteiger partial charge in [0.2, 0.25) is 0 Å². The lowest BCUT2D eigenvalue weighted by Gasteiger charge is -2.06. The van der Waals surface area contributed by atoms with Gasteiger partial charge in [0.15, 0.2) is 0 Å². The number of hydrogen-bond acceptors (Lipinski definition) is 2. The highest BCUT2D eigenvalue weighted by atomic mass is 16.5. The summed E-state index contributed by atoms with van der Waals surface area (Å²) in [6.45, 7) is 9.24. The lowest BCUT2D eigenvalue weighted by atomic mass is 10.0. The van der Waals surface area contributed by atoms with E-state index in [1.807, 2.05) is 0 Å². The lowest BCUT2D eigenvalue weighted by Crippen LogP contribution is -2.09. The van der Waals surface area contributed by atoms with Crippen molar-refractivity contribution in [3.63, 3.8) is 0 Å². The van der Waals surface area contributed by atoms with Crippen molar-refractivity contribution in [1.82, 2.24) is 0 Å². The zero-order valence-electron chi connectivity index (χ0n) is 15.4. The van der Waals surface area contributed by atoms with Crippen LogP contribution in [-0.4, -0.2) is 12.6 Å². The van der Waals surface area contributed by atoms with Crippen LogP contribution in [0.5, 0.6) is 0 Å². The SMILES string of the molecule is CCCCC(C)/C=C/CCCCCCCC(=O)OCC(C)C. The summed E-state index contributed by atoms with van der Waals surface area (Å²) in [6, 6.07) is 0. The molecule has 0 heterocycles. The Labute approximate surface area is 138 Å². The molecule has 0 radical (unpaired) electrons. The van der Waals surface area contributed by atoms with Crippen molar-refractivity contribution >= 4 is 5.97 Å². The molecular weight excluding hydrogens is 272 g/mol. The summed E-state index contributed by atoms with van der Waals surface area (Å²) in [4.78, 5) is 11.4. The van der Waals surface area contributed by atoms with Crippen molar-refractivity contribution < 1.29 is 9.53 Å². The predicted octanol–water partition coefficient (Wildman–Crippen LogP) is 6.30. The summed E-state index contributed by atoms with van der Waals surface area (Å²) in [5.41, 5.74) is 0. The van der Waals surface area contributed by atoms with Crippen molar-refractivity contribution in [2.24, 2.45) is 11.8 Å². The smallest absolute Gasteiger partial charge is 0.305 e. The van der Waals surface area contributed by atoms with E-state index in [-0.39, 0.29) is 5.97 Å². The van der Waals surface area contributed by atoms with Gasteiger partial charge in [0.1, 0.15) is 0 Å². The van der Waals surface area contributed by atoms with Crippen LogP contribution in [0.25, 0.3) is 0 Å². The summed E-state index contributed by atoms with van der Waals surface area (Å²) < 4.78 is 5.17. The Morgan fingerprint density at radius 2 is 1.68 bits per heavy atom. The molecule has 1 atom stereocenters. The molecule has 0 bridgehead atoms. The molecule has 0 saturated heterocycles. The molecule has 0 aromatic heterocycles. The van der Waals surface area contributed by atoms with Crippen molar-refractivity contribution in [3.8, 4) is 0 Å². The van der Waals surface area contributed by atoms with Gasteiger partial charge in [-0.3, -0.25) is 4.79 Å². The van der Waals surface area contributed by atoms with Crippen LogP contribution in [-0.2, 0) is 9.53 Å². The average Bonchev–Trinajstić information content (AvgIpc) is 2.49. The van der Waals surface area contributed by atoms with Crippen LogP contribution < -0.4 is 0 Å². The van der Waals surface area contributed by atoms with E-state index in [1.54, 1.807) is 0 Å². The van der Waals surface area contributed by atoms with Crippen LogP contribution in [0.4, 0.5) is 0 Å². The van der Waals surface area contributed by atoms with Gasteiger partial charge >= 0.3 is 5.97 Å². The Bertz CT molecular complexity index is 281. The Morgan fingerprint density at radius 1 is 1.00 bits per heavy atom. The molecule has 22 heavy (non-hydrogen) atoms. The molecule has 2 heteroatoms. The number of esters is 1. The Morgan fingerprint density at radius 3 is 2.36 bits per heavy atom. The van der Waals surface area contributed by atoms with Crippen molar-refractivity contribution in [3.05, 3.63) is 12.2 Å². The molecule has 0 aliphatic heterocycles. The van der Waals surface area contributed by atoms with Crippen molar-refractivity contribution in [1.29, 1.82) is 0 Å². The second-order valence-corrected chi connectivity index (χ2v) is 6.93. The van der Waals surface area contributed by atoms with E-state index in [2.05, 4.69) is 39.8 Å². The first kappa shape index (κ1) is 21.2. The van der Waals surface area contributed by atoms with Crippen LogP contribution in [0.1, 0.15) is 91.9 Å². The minimum atomic E-state index is -0.0299. The van der Waals surface area contributed by atoms with E-state index in [0.717, 1.165) is 18.8 Å². The first-order chi connectivity index (χ1) is 10.6. The molecule has 0 saturated carbocycles. The normalized spacial score (nSPS) is 13.0. The molecular formula is C20H38O2.